The highest BCUT2D eigenvalue weighted by atomic mass is 32.2. The number of sulfone groups is 1. The number of ether oxygens (including phenoxy) is 1. The van der Waals surface area contributed by atoms with Gasteiger partial charge in [-0.25, -0.2) is 8.42 Å². The molecule has 24 heavy (non-hydrogen) atoms. The molecule has 0 spiro atoms. The average molecular weight is 360 g/mol. The van der Waals surface area contributed by atoms with Crippen LogP contribution < -0.4 is 5.32 Å². The number of aryl methyl sites for hydroxylation is 1. The quantitative estimate of drug-likeness (QED) is 0.666. The van der Waals surface area contributed by atoms with E-state index in [4.69, 9.17) is 9.26 Å². The van der Waals surface area contributed by atoms with Crippen molar-refractivity contribution in [2.75, 3.05) is 16.8 Å². The van der Waals surface area contributed by atoms with Crippen LogP contribution in [0.2, 0.25) is 0 Å². The first kappa shape index (κ1) is 20.1. The van der Waals surface area contributed by atoms with Crippen LogP contribution in [0.15, 0.2) is 10.6 Å². The summed E-state index contributed by atoms with van der Waals surface area (Å²) in [5.41, 5.74) is 0. The first-order chi connectivity index (χ1) is 11.1. The molecule has 0 aliphatic heterocycles. The van der Waals surface area contributed by atoms with Crippen molar-refractivity contribution >= 4 is 27.5 Å². The molecule has 1 rings (SSSR count). The number of carbonyl (C=O) groups is 2. The van der Waals surface area contributed by atoms with Gasteiger partial charge in [0, 0.05) is 6.07 Å². The molecule has 0 aliphatic rings. The molecule has 0 radical (unpaired) electrons. The van der Waals surface area contributed by atoms with Gasteiger partial charge in [0.25, 0.3) is 5.91 Å². The van der Waals surface area contributed by atoms with Crippen LogP contribution in [-0.4, -0.2) is 43.1 Å². The summed E-state index contributed by atoms with van der Waals surface area (Å²) >= 11 is 0. The monoisotopic (exact) mass is 360 g/mol. The molecule has 9 heteroatoms. The van der Waals surface area contributed by atoms with Crippen molar-refractivity contribution in [3.05, 3.63) is 11.8 Å². The van der Waals surface area contributed by atoms with Gasteiger partial charge >= 0.3 is 5.97 Å². The molecule has 1 aromatic heterocycles. The topological polar surface area (TPSA) is 116 Å². The predicted octanol–water partition coefficient (Wildman–Crippen LogP) is 1.70. The minimum Gasteiger partial charge on any atom is -0.452 e. The van der Waals surface area contributed by atoms with Crippen molar-refractivity contribution < 1.29 is 27.3 Å². The molecule has 8 nitrogen and oxygen atoms in total. The van der Waals surface area contributed by atoms with Crippen LogP contribution in [0.25, 0.3) is 0 Å². The molecule has 0 fully saturated rings. The first-order valence-corrected chi connectivity index (χ1v) is 9.59. The molecule has 0 aromatic carbocycles. The van der Waals surface area contributed by atoms with Crippen molar-refractivity contribution in [1.82, 2.24) is 5.16 Å². The Morgan fingerprint density at radius 3 is 2.54 bits per heavy atom. The third-order valence-corrected chi connectivity index (χ3v) is 5.02. The third-order valence-electron chi connectivity index (χ3n) is 3.02. The largest absolute Gasteiger partial charge is 0.452 e. The normalized spacial score (nSPS) is 12.9. The Morgan fingerprint density at radius 2 is 2.04 bits per heavy atom. The number of carbonyl (C=O) groups excluding carboxylic acids is 2. The first-order valence-electron chi connectivity index (χ1n) is 7.77. The third kappa shape index (κ3) is 7.12. The lowest BCUT2D eigenvalue weighted by Crippen LogP contribution is -2.32. The van der Waals surface area contributed by atoms with Gasteiger partial charge in [-0.1, -0.05) is 25.9 Å². The van der Waals surface area contributed by atoms with E-state index < -0.39 is 27.8 Å². The Labute approximate surface area is 141 Å². The van der Waals surface area contributed by atoms with E-state index in [1.165, 1.54) is 6.07 Å². The van der Waals surface area contributed by atoms with E-state index in [0.717, 1.165) is 0 Å². The summed E-state index contributed by atoms with van der Waals surface area (Å²) in [6.45, 7) is 6.94. The minimum absolute atomic E-state index is 0.00824. The van der Waals surface area contributed by atoms with Crippen molar-refractivity contribution in [3.8, 4) is 0 Å². The molecule has 1 N–H and O–H groups in total. The van der Waals surface area contributed by atoms with E-state index in [0.29, 0.717) is 5.76 Å². The maximum absolute atomic E-state index is 12.0. The summed E-state index contributed by atoms with van der Waals surface area (Å²) in [4.78, 5) is 23.9. The molecular weight excluding hydrogens is 336 g/mol. The number of amides is 1. The fourth-order valence-electron chi connectivity index (χ4n) is 2.00. The van der Waals surface area contributed by atoms with Crippen LogP contribution >= 0.6 is 0 Å². The smallest absolute Gasteiger partial charge is 0.307 e. The molecule has 0 saturated heterocycles. The summed E-state index contributed by atoms with van der Waals surface area (Å²) in [6, 6.07) is 1.53. The van der Waals surface area contributed by atoms with Crippen LogP contribution in [0.3, 0.4) is 0 Å². The Bertz CT molecular complexity index is 665. The fraction of sp³-hybridized carbons (Fsp3) is 0.667. The van der Waals surface area contributed by atoms with Crippen molar-refractivity contribution in [2.45, 2.75) is 46.6 Å². The van der Waals surface area contributed by atoms with E-state index in [1.807, 2.05) is 0 Å². The second-order valence-electron chi connectivity index (χ2n) is 5.96. The Kier molecular flexibility index (Phi) is 7.40. The molecule has 1 unspecified atom stereocenters. The zero-order chi connectivity index (χ0) is 18.3. The van der Waals surface area contributed by atoms with Crippen LogP contribution in [-0.2, 0) is 24.2 Å². The highest BCUT2D eigenvalue weighted by Crippen LogP contribution is 2.10. The van der Waals surface area contributed by atoms with E-state index >= 15 is 0 Å². The summed E-state index contributed by atoms with van der Waals surface area (Å²) < 4.78 is 33.4. The van der Waals surface area contributed by atoms with Gasteiger partial charge in [-0.05, 0) is 19.3 Å². The standard InChI is InChI=1S/C15H24N2O6S/c1-5-12(15(19)16-13-8-11(4)23-17-13)22-14(18)6-7-24(20,21)9-10(2)3/h8,10,12H,5-7,9H2,1-4H3,(H,16,17,19). The van der Waals surface area contributed by atoms with Gasteiger partial charge in [-0.15, -0.1) is 0 Å². The molecule has 0 aliphatic carbocycles. The number of rotatable bonds is 9. The van der Waals surface area contributed by atoms with Gasteiger partial charge in [-0.3, -0.25) is 9.59 Å². The molecule has 1 atom stereocenters. The van der Waals surface area contributed by atoms with Crippen molar-refractivity contribution in [3.63, 3.8) is 0 Å². The Balaban J connectivity index is 2.52. The number of esters is 1. The maximum atomic E-state index is 12.0. The predicted molar refractivity (Wildman–Crippen MR) is 88.1 cm³/mol. The second kappa shape index (κ2) is 8.81. The van der Waals surface area contributed by atoms with Crippen molar-refractivity contribution in [2.24, 2.45) is 5.92 Å². The van der Waals surface area contributed by atoms with Crippen molar-refractivity contribution in [1.29, 1.82) is 0 Å². The molecular formula is C15H24N2O6S. The van der Waals surface area contributed by atoms with Gasteiger partial charge < -0.3 is 14.6 Å². The molecule has 1 amide bonds. The van der Waals surface area contributed by atoms with E-state index in [1.54, 1.807) is 27.7 Å². The molecule has 1 aromatic rings. The number of hydrogen-bond acceptors (Lipinski definition) is 7. The number of anilines is 1. The molecule has 136 valence electrons. The number of aromatic nitrogens is 1. The van der Waals surface area contributed by atoms with Crippen LogP contribution in [0.5, 0.6) is 0 Å². The lowest BCUT2D eigenvalue weighted by atomic mass is 10.2. The second-order valence-corrected chi connectivity index (χ2v) is 8.19. The summed E-state index contributed by atoms with van der Waals surface area (Å²) in [7, 11) is -3.31. The van der Waals surface area contributed by atoms with Gasteiger partial charge in [0.1, 0.15) is 5.76 Å². The van der Waals surface area contributed by atoms with Gasteiger partial charge in [0.05, 0.1) is 17.9 Å². The van der Waals surface area contributed by atoms with Gasteiger partial charge in [-0.2, -0.15) is 0 Å². The number of nitrogens with one attached hydrogen (secondary N) is 1. The Hall–Kier alpha value is -1.90. The minimum atomic E-state index is -3.31. The zero-order valence-electron chi connectivity index (χ0n) is 14.4. The van der Waals surface area contributed by atoms with Gasteiger partial charge in [0.15, 0.2) is 21.8 Å². The van der Waals surface area contributed by atoms with Crippen LogP contribution in [0.1, 0.15) is 39.4 Å². The molecule has 1 heterocycles. The number of hydrogen-bond donors (Lipinski definition) is 1. The Morgan fingerprint density at radius 1 is 1.38 bits per heavy atom. The van der Waals surface area contributed by atoms with Crippen LogP contribution in [0, 0.1) is 12.8 Å². The lowest BCUT2D eigenvalue weighted by molar-refractivity contribution is -0.154. The molecule has 0 bridgehead atoms. The van der Waals surface area contributed by atoms with E-state index in [2.05, 4.69) is 10.5 Å². The van der Waals surface area contributed by atoms with E-state index in [-0.39, 0.29) is 36.1 Å². The van der Waals surface area contributed by atoms with Gasteiger partial charge in [0.2, 0.25) is 0 Å². The highest BCUT2D eigenvalue weighted by Gasteiger charge is 2.23. The average Bonchev–Trinajstić information content (AvgIpc) is 2.86. The van der Waals surface area contributed by atoms with Crippen LogP contribution in [0.4, 0.5) is 5.82 Å². The summed E-state index contributed by atoms with van der Waals surface area (Å²) in [5, 5.41) is 6.10. The highest BCUT2D eigenvalue weighted by molar-refractivity contribution is 7.91. The lowest BCUT2D eigenvalue weighted by Gasteiger charge is -2.15. The maximum Gasteiger partial charge on any atom is 0.307 e. The summed E-state index contributed by atoms with van der Waals surface area (Å²) in [5.74, 6) is -0.776. The number of nitrogens with zero attached hydrogens (tertiary/aromatic N) is 1. The fourth-order valence-corrected chi connectivity index (χ4v) is 3.66. The molecule has 0 saturated carbocycles. The summed E-state index contributed by atoms with van der Waals surface area (Å²) in [6.07, 6.45) is -1.03. The van der Waals surface area contributed by atoms with E-state index in [9.17, 15) is 18.0 Å². The SMILES string of the molecule is CCC(OC(=O)CCS(=O)(=O)CC(C)C)C(=O)Nc1cc(C)on1. The zero-order valence-corrected chi connectivity index (χ0v) is 15.2.